The summed E-state index contributed by atoms with van der Waals surface area (Å²) in [5.74, 6) is 0. The summed E-state index contributed by atoms with van der Waals surface area (Å²) >= 11 is 11.1. The first-order valence-corrected chi connectivity index (χ1v) is 4.95. The van der Waals surface area contributed by atoms with Gasteiger partial charge in [-0.25, -0.2) is 0 Å². The molecule has 80 valence electrons. The van der Waals surface area contributed by atoms with Crippen LogP contribution in [0.2, 0.25) is 10.0 Å². The van der Waals surface area contributed by atoms with Crippen LogP contribution in [-0.4, -0.2) is 36.3 Å². The van der Waals surface area contributed by atoms with E-state index >= 15 is 0 Å². The first-order chi connectivity index (χ1) is 6.30. The quantitative estimate of drug-likeness (QED) is 0.490. The predicted molar refractivity (Wildman–Crippen MR) is 61.1 cm³/mol. The minimum Gasteiger partial charge on any atom is -1.00 e. The zero-order chi connectivity index (χ0) is 9.52. The average Bonchev–Trinajstić information content (AvgIpc) is 2.68. The van der Waals surface area contributed by atoms with Crippen LogP contribution < -0.4 is 17.0 Å². The number of rotatable bonds is 0. The van der Waals surface area contributed by atoms with Crippen molar-refractivity contribution in [3.63, 3.8) is 0 Å². The summed E-state index contributed by atoms with van der Waals surface area (Å²) in [5.41, 5.74) is 0. The molecule has 0 spiro atoms. The number of hydrogen-bond donors (Lipinski definition) is 0. The SMILES string of the molecule is C1CCOC1.Clc1c[c-]ccc1Cl.[Br-].[Mg+2]. The van der Waals surface area contributed by atoms with Gasteiger partial charge in [-0.2, -0.15) is 35.9 Å². The van der Waals surface area contributed by atoms with E-state index in [0.29, 0.717) is 10.0 Å². The van der Waals surface area contributed by atoms with E-state index in [1.807, 2.05) is 0 Å². The van der Waals surface area contributed by atoms with Crippen LogP contribution in [0.25, 0.3) is 0 Å². The van der Waals surface area contributed by atoms with Gasteiger partial charge in [-0.05, 0) is 12.8 Å². The molecule has 5 heteroatoms. The molecule has 1 aromatic rings. The predicted octanol–water partition coefficient (Wildman–Crippen LogP) is 0.214. The Hall–Kier alpha value is 1.01. The molecule has 0 aromatic heterocycles. The molecule has 1 saturated heterocycles. The van der Waals surface area contributed by atoms with Gasteiger partial charge in [0, 0.05) is 13.2 Å². The van der Waals surface area contributed by atoms with Gasteiger partial charge in [-0.15, -0.1) is 11.6 Å². The molecule has 0 saturated carbocycles. The van der Waals surface area contributed by atoms with Crippen molar-refractivity contribution >= 4 is 46.3 Å². The molecule has 0 atom stereocenters. The maximum absolute atomic E-state index is 5.56. The number of benzene rings is 1. The van der Waals surface area contributed by atoms with Crippen molar-refractivity contribution < 1.29 is 21.7 Å². The molecule has 1 aliphatic heterocycles. The molecular formula is C10H11BrCl2MgO. The van der Waals surface area contributed by atoms with E-state index in [-0.39, 0.29) is 40.0 Å². The maximum atomic E-state index is 5.56. The molecule has 1 heterocycles. The van der Waals surface area contributed by atoms with Crippen molar-refractivity contribution in [3.05, 3.63) is 34.3 Å². The standard InChI is InChI=1S/C6H3Cl2.C4H8O.BrH.Mg/c7-5-3-1-2-4-6(5)8;1-2-4-5-3-1;;/h1,3-4H;1-4H2;1H;/q-1;;;+2/p-1. The third-order valence-corrected chi connectivity index (χ3v) is 2.33. The second-order valence-electron chi connectivity index (χ2n) is 2.66. The van der Waals surface area contributed by atoms with Gasteiger partial charge in [0.05, 0.1) is 0 Å². The molecule has 1 aromatic carbocycles. The first kappa shape index (κ1) is 18.4. The zero-order valence-electron chi connectivity index (χ0n) is 8.31. The molecule has 0 radical (unpaired) electrons. The van der Waals surface area contributed by atoms with E-state index in [0.717, 1.165) is 13.2 Å². The van der Waals surface area contributed by atoms with Gasteiger partial charge in [0.2, 0.25) is 0 Å². The molecule has 1 nitrogen and oxygen atoms in total. The Morgan fingerprint density at radius 2 is 1.73 bits per heavy atom. The van der Waals surface area contributed by atoms with Gasteiger partial charge in [-0.3, -0.25) is 0 Å². The van der Waals surface area contributed by atoms with Gasteiger partial charge in [0.15, 0.2) is 0 Å². The van der Waals surface area contributed by atoms with E-state index < -0.39 is 0 Å². The van der Waals surface area contributed by atoms with E-state index in [1.165, 1.54) is 12.8 Å². The molecule has 0 aliphatic carbocycles. The summed E-state index contributed by atoms with van der Waals surface area (Å²) < 4.78 is 4.94. The van der Waals surface area contributed by atoms with Crippen LogP contribution in [0.4, 0.5) is 0 Å². The molecule has 0 unspecified atom stereocenters. The first-order valence-electron chi connectivity index (χ1n) is 4.19. The van der Waals surface area contributed by atoms with Crippen molar-refractivity contribution in [1.82, 2.24) is 0 Å². The van der Waals surface area contributed by atoms with E-state index in [9.17, 15) is 0 Å². The fourth-order valence-electron chi connectivity index (χ4n) is 0.901. The van der Waals surface area contributed by atoms with Gasteiger partial charge in [0.25, 0.3) is 0 Å². The van der Waals surface area contributed by atoms with Gasteiger partial charge in [0.1, 0.15) is 0 Å². The van der Waals surface area contributed by atoms with Crippen molar-refractivity contribution in [2.75, 3.05) is 13.2 Å². The third kappa shape index (κ3) is 8.78. The Labute approximate surface area is 127 Å². The fraction of sp³-hybridized carbons (Fsp3) is 0.400. The molecule has 1 fully saturated rings. The van der Waals surface area contributed by atoms with Crippen LogP contribution >= 0.6 is 23.2 Å². The normalized spacial score (nSPS) is 12.9. The van der Waals surface area contributed by atoms with E-state index in [2.05, 4.69) is 6.07 Å². The van der Waals surface area contributed by atoms with Crippen molar-refractivity contribution in [2.24, 2.45) is 0 Å². The Morgan fingerprint density at radius 3 is 2.00 bits per heavy atom. The number of halogens is 3. The minimum atomic E-state index is 0. The Morgan fingerprint density at radius 1 is 1.13 bits per heavy atom. The molecule has 0 N–H and O–H groups in total. The third-order valence-electron chi connectivity index (χ3n) is 1.59. The topological polar surface area (TPSA) is 9.23 Å². The molecule has 0 bridgehead atoms. The summed E-state index contributed by atoms with van der Waals surface area (Å²) in [5, 5.41) is 1.12. The van der Waals surface area contributed by atoms with Crippen LogP contribution in [0.5, 0.6) is 0 Å². The smallest absolute Gasteiger partial charge is 1.00 e. The van der Waals surface area contributed by atoms with E-state index in [1.54, 1.807) is 18.2 Å². The van der Waals surface area contributed by atoms with Crippen molar-refractivity contribution in [3.8, 4) is 0 Å². The molecule has 0 amide bonds. The summed E-state index contributed by atoms with van der Waals surface area (Å²) in [4.78, 5) is 0. The second-order valence-corrected chi connectivity index (χ2v) is 3.47. The maximum Gasteiger partial charge on any atom is 2.00 e. The number of hydrogen-bond acceptors (Lipinski definition) is 1. The van der Waals surface area contributed by atoms with Gasteiger partial charge in [-0.1, -0.05) is 10.0 Å². The summed E-state index contributed by atoms with van der Waals surface area (Å²) in [7, 11) is 0. The Balaban J connectivity index is 0. The van der Waals surface area contributed by atoms with Crippen LogP contribution in [-0.2, 0) is 4.74 Å². The van der Waals surface area contributed by atoms with Gasteiger partial charge >= 0.3 is 23.1 Å². The monoisotopic (exact) mass is 320 g/mol. The van der Waals surface area contributed by atoms with Crippen molar-refractivity contribution in [1.29, 1.82) is 0 Å². The zero-order valence-corrected chi connectivity index (χ0v) is 12.8. The Kier molecular flexibility index (Phi) is 14.1. The number of ether oxygens (including phenoxy) is 1. The summed E-state index contributed by atoms with van der Waals surface area (Å²) in [6.07, 6.45) is 2.56. The van der Waals surface area contributed by atoms with Crippen LogP contribution in [0.1, 0.15) is 12.8 Å². The van der Waals surface area contributed by atoms with Crippen molar-refractivity contribution in [2.45, 2.75) is 12.8 Å². The molecule has 2 rings (SSSR count). The summed E-state index contributed by atoms with van der Waals surface area (Å²) in [6.45, 7) is 2.00. The minimum absolute atomic E-state index is 0. The largest absolute Gasteiger partial charge is 2.00 e. The van der Waals surface area contributed by atoms with Crippen LogP contribution in [0.15, 0.2) is 18.2 Å². The second kappa shape index (κ2) is 11.5. The average molecular weight is 322 g/mol. The molecule has 1 aliphatic rings. The fourth-order valence-corrected chi connectivity index (χ4v) is 1.14. The van der Waals surface area contributed by atoms with Crippen LogP contribution in [0.3, 0.4) is 0 Å². The molecular weight excluding hydrogens is 311 g/mol. The van der Waals surface area contributed by atoms with Crippen LogP contribution in [0, 0.1) is 6.07 Å². The summed E-state index contributed by atoms with van der Waals surface area (Å²) in [6, 6.07) is 7.83. The molecule has 15 heavy (non-hydrogen) atoms. The van der Waals surface area contributed by atoms with Gasteiger partial charge < -0.3 is 21.7 Å². The van der Waals surface area contributed by atoms with E-state index in [4.69, 9.17) is 27.9 Å². The Bertz CT molecular complexity index is 228.